The average molecular weight is 167 g/mol. The largest absolute Gasteiger partial charge is 0.466 e. The Morgan fingerprint density at radius 1 is 1.58 bits per heavy atom. The number of hydrogen-bond donors (Lipinski definition) is 1. The lowest BCUT2D eigenvalue weighted by atomic mass is 10.1. The zero-order valence-corrected chi connectivity index (χ0v) is 7.39. The van der Waals surface area contributed by atoms with Gasteiger partial charge in [0.2, 0.25) is 0 Å². The van der Waals surface area contributed by atoms with E-state index in [1.165, 1.54) is 0 Å². The number of carbonyl (C=O) groups excluding carboxylic acids is 1. The fraction of sp³-hybridized carbons (Fsp3) is 0.444. The number of carbonyl (C=O) groups is 1. The van der Waals surface area contributed by atoms with Gasteiger partial charge in [-0.25, -0.2) is 0 Å². The van der Waals surface area contributed by atoms with Gasteiger partial charge >= 0.3 is 0 Å². The summed E-state index contributed by atoms with van der Waals surface area (Å²) >= 11 is 0. The minimum Gasteiger partial charge on any atom is -0.466 e. The maximum absolute atomic E-state index is 11.3. The van der Waals surface area contributed by atoms with Gasteiger partial charge in [0.1, 0.15) is 11.5 Å². The second kappa shape index (κ2) is 3.54. The van der Waals surface area contributed by atoms with Crippen LogP contribution in [0, 0.1) is 13.8 Å². The molecule has 0 aliphatic carbocycles. The smallest absolute Gasteiger partial charge is 0.167 e. The van der Waals surface area contributed by atoms with Crippen LogP contribution in [-0.4, -0.2) is 12.3 Å². The quantitative estimate of drug-likeness (QED) is 0.693. The van der Waals surface area contributed by atoms with Gasteiger partial charge < -0.3 is 10.2 Å². The summed E-state index contributed by atoms with van der Waals surface area (Å²) < 4.78 is 5.22. The fourth-order valence-electron chi connectivity index (χ4n) is 1.17. The van der Waals surface area contributed by atoms with Crippen molar-refractivity contribution in [2.75, 3.05) is 6.54 Å². The van der Waals surface area contributed by atoms with Gasteiger partial charge in [-0.1, -0.05) is 0 Å². The van der Waals surface area contributed by atoms with Crippen LogP contribution >= 0.6 is 0 Å². The summed E-state index contributed by atoms with van der Waals surface area (Å²) in [5, 5.41) is 0. The summed E-state index contributed by atoms with van der Waals surface area (Å²) in [5.41, 5.74) is 5.94. The molecule has 12 heavy (non-hydrogen) atoms. The summed E-state index contributed by atoms with van der Waals surface area (Å²) in [6.45, 7) is 4.01. The predicted octanol–water partition coefficient (Wildman–Crippen LogP) is 1.43. The zero-order valence-electron chi connectivity index (χ0n) is 7.39. The molecule has 0 bridgehead atoms. The fourth-order valence-corrected chi connectivity index (χ4v) is 1.17. The Labute approximate surface area is 71.6 Å². The Balaban J connectivity index is 2.87. The molecule has 0 saturated carbocycles. The lowest BCUT2D eigenvalue weighted by Gasteiger charge is -1.94. The normalized spacial score (nSPS) is 10.2. The maximum Gasteiger partial charge on any atom is 0.167 e. The van der Waals surface area contributed by atoms with Gasteiger partial charge in [0, 0.05) is 6.42 Å². The number of nitrogens with two attached hydrogens (primary N) is 1. The van der Waals surface area contributed by atoms with Gasteiger partial charge in [-0.3, -0.25) is 4.79 Å². The van der Waals surface area contributed by atoms with Crippen molar-refractivity contribution in [3.05, 3.63) is 23.2 Å². The van der Waals surface area contributed by atoms with E-state index >= 15 is 0 Å². The van der Waals surface area contributed by atoms with E-state index in [-0.39, 0.29) is 5.78 Å². The Bertz CT molecular complexity index is 289. The number of aryl methyl sites for hydroxylation is 2. The van der Waals surface area contributed by atoms with Gasteiger partial charge in [-0.2, -0.15) is 0 Å². The van der Waals surface area contributed by atoms with E-state index in [2.05, 4.69) is 0 Å². The summed E-state index contributed by atoms with van der Waals surface area (Å²) in [6.07, 6.45) is 0.389. The van der Waals surface area contributed by atoms with E-state index in [4.69, 9.17) is 10.2 Å². The van der Waals surface area contributed by atoms with Crippen LogP contribution in [0.15, 0.2) is 10.5 Å². The second-order valence-corrected chi connectivity index (χ2v) is 2.79. The molecule has 0 aliphatic rings. The van der Waals surface area contributed by atoms with E-state index in [0.717, 1.165) is 5.76 Å². The van der Waals surface area contributed by atoms with E-state index in [1.807, 2.05) is 6.92 Å². The van der Waals surface area contributed by atoms with Crippen molar-refractivity contribution >= 4 is 5.78 Å². The summed E-state index contributed by atoms with van der Waals surface area (Å²) in [6, 6.07) is 1.76. The van der Waals surface area contributed by atoms with Crippen LogP contribution in [0.2, 0.25) is 0 Å². The van der Waals surface area contributed by atoms with Gasteiger partial charge in [0.05, 0.1) is 5.56 Å². The highest BCUT2D eigenvalue weighted by Gasteiger charge is 2.11. The molecule has 0 amide bonds. The van der Waals surface area contributed by atoms with Crippen LogP contribution in [0.1, 0.15) is 28.3 Å². The third kappa shape index (κ3) is 1.74. The molecule has 1 heterocycles. The summed E-state index contributed by atoms with van der Waals surface area (Å²) in [4.78, 5) is 11.3. The van der Waals surface area contributed by atoms with Gasteiger partial charge in [0.15, 0.2) is 5.78 Å². The topological polar surface area (TPSA) is 56.2 Å². The molecule has 2 N–H and O–H groups in total. The average Bonchev–Trinajstić information content (AvgIpc) is 2.30. The molecule has 0 saturated heterocycles. The molecule has 66 valence electrons. The van der Waals surface area contributed by atoms with Crippen molar-refractivity contribution in [1.29, 1.82) is 0 Å². The Morgan fingerprint density at radius 3 is 2.67 bits per heavy atom. The van der Waals surface area contributed by atoms with Crippen molar-refractivity contribution < 1.29 is 9.21 Å². The molecule has 3 heteroatoms. The van der Waals surface area contributed by atoms with Crippen molar-refractivity contribution in [3.8, 4) is 0 Å². The van der Waals surface area contributed by atoms with Crippen LogP contribution in [0.25, 0.3) is 0 Å². The highest BCUT2D eigenvalue weighted by molar-refractivity contribution is 5.97. The molecule has 1 aromatic heterocycles. The summed E-state index contributed by atoms with van der Waals surface area (Å²) in [7, 11) is 0. The van der Waals surface area contributed by atoms with Gasteiger partial charge in [0.25, 0.3) is 0 Å². The molecule has 0 aromatic carbocycles. The Morgan fingerprint density at radius 2 is 2.25 bits per heavy atom. The van der Waals surface area contributed by atoms with E-state index in [0.29, 0.717) is 24.3 Å². The maximum atomic E-state index is 11.3. The van der Waals surface area contributed by atoms with Crippen LogP contribution in [0.3, 0.4) is 0 Å². The highest BCUT2D eigenvalue weighted by atomic mass is 16.3. The Hall–Kier alpha value is -1.09. The number of ketones is 1. The first-order valence-electron chi connectivity index (χ1n) is 3.95. The molecule has 0 fully saturated rings. The van der Waals surface area contributed by atoms with Crippen LogP contribution in [0.5, 0.6) is 0 Å². The third-order valence-electron chi connectivity index (χ3n) is 1.71. The zero-order chi connectivity index (χ0) is 9.14. The molecule has 0 radical (unpaired) electrons. The first-order chi connectivity index (χ1) is 5.65. The minimum absolute atomic E-state index is 0.0619. The first kappa shape index (κ1) is 9.00. The summed E-state index contributed by atoms with van der Waals surface area (Å²) in [5.74, 6) is 1.52. The van der Waals surface area contributed by atoms with E-state index in [1.54, 1.807) is 13.0 Å². The molecular weight excluding hydrogens is 154 g/mol. The van der Waals surface area contributed by atoms with Crippen molar-refractivity contribution in [3.63, 3.8) is 0 Å². The molecule has 0 aliphatic heterocycles. The first-order valence-corrected chi connectivity index (χ1v) is 3.95. The van der Waals surface area contributed by atoms with Crippen molar-refractivity contribution in [1.82, 2.24) is 0 Å². The number of furan rings is 1. The van der Waals surface area contributed by atoms with Gasteiger partial charge in [-0.05, 0) is 26.5 Å². The monoisotopic (exact) mass is 167 g/mol. The number of Topliss-reactive ketones (excluding diaryl/α,β-unsaturated/α-hetero) is 1. The molecule has 0 unspecified atom stereocenters. The molecule has 0 atom stereocenters. The van der Waals surface area contributed by atoms with Crippen LogP contribution < -0.4 is 5.73 Å². The van der Waals surface area contributed by atoms with Crippen molar-refractivity contribution in [2.45, 2.75) is 20.3 Å². The van der Waals surface area contributed by atoms with Crippen LogP contribution in [0.4, 0.5) is 0 Å². The van der Waals surface area contributed by atoms with Crippen molar-refractivity contribution in [2.24, 2.45) is 5.73 Å². The molecule has 1 aromatic rings. The number of rotatable bonds is 3. The SMILES string of the molecule is Cc1cc(C(=O)CCN)c(C)o1. The molecule has 1 rings (SSSR count). The minimum atomic E-state index is 0.0619. The predicted molar refractivity (Wildman–Crippen MR) is 46.2 cm³/mol. The lowest BCUT2D eigenvalue weighted by Crippen LogP contribution is -2.08. The van der Waals surface area contributed by atoms with Crippen LogP contribution in [-0.2, 0) is 0 Å². The Kier molecular flexibility index (Phi) is 2.65. The number of hydrogen-bond acceptors (Lipinski definition) is 3. The standard InChI is InChI=1S/C9H13NO2/c1-6-5-8(7(2)12-6)9(11)3-4-10/h5H,3-4,10H2,1-2H3. The lowest BCUT2D eigenvalue weighted by molar-refractivity contribution is 0.0984. The van der Waals surface area contributed by atoms with E-state index < -0.39 is 0 Å². The molecular formula is C9H13NO2. The van der Waals surface area contributed by atoms with Gasteiger partial charge in [-0.15, -0.1) is 0 Å². The second-order valence-electron chi connectivity index (χ2n) is 2.79. The molecule has 3 nitrogen and oxygen atoms in total. The highest BCUT2D eigenvalue weighted by Crippen LogP contribution is 2.14. The van der Waals surface area contributed by atoms with E-state index in [9.17, 15) is 4.79 Å². The third-order valence-corrected chi connectivity index (χ3v) is 1.71. The molecule has 0 spiro atoms.